The Morgan fingerprint density at radius 2 is 1.93 bits per heavy atom. The predicted octanol–water partition coefficient (Wildman–Crippen LogP) is 0.475. The van der Waals surface area contributed by atoms with Crippen LogP contribution in [0.1, 0.15) is 24.1 Å². The largest absolute Gasteiger partial charge is 0.465 e. The smallest absolute Gasteiger partial charge is 0.321 e. The first-order valence-electron chi connectivity index (χ1n) is 9.09. The third-order valence-corrected chi connectivity index (χ3v) is 4.82. The van der Waals surface area contributed by atoms with E-state index in [1.165, 1.54) is 0 Å². The SMILES string of the molecule is CCOC(=O)[C@@H]1C(=O)NC(N2CCN(C=O)CC2)=N[C@@H]1c1ccc(C)cc1. The van der Waals surface area contributed by atoms with Gasteiger partial charge in [-0.05, 0) is 19.4 Å². The number of aryl methyl sites for hydroxylation is 1. The van der Waals surface area contributed by atoms with Gasteiger partial charge in [-0.15, -0.1) is 0 Å². The van der Waals surface area contributed by atoms with E-state index >= 15 is 0 Å². The molecule has 1 fully saturated rings. The maximum absolute atomic E-state index is 12.7. The van der Waals surface area contributed by atoms with Gasteiger partial charge >= 0.3 is 5.97 Å². The van der Waals surface area contributed by atoms with Crippen LogP contribution in [0, 0.1) is 12.8 Å². The maximum Gasteiger partial charge on any atom is 0.321 e. The highest BCUT2D eigenvalue weighted by molar-refractivity contribution is 6.08. The van der Waals surface area contributed by atoms with Crippen LogP contribution in [0.2, 0.25) is 0 Å². The average molecular weight is 372 g/mol. The van der Waals surface area contributed by atoms with E-state index in [2.05, 4.69) is 5.32 Å². The van der Waals surface area contributed by atoms with Crippen molar-refractivity contribution in [3.8, 4) is 0 Å². The van der Waals surface area contributed by atoms with Crippen LogP contribution in [0.4, 0.5) is 0 Å². The second kappa shape index (κ2) is 8.20. The zero-order valence-corrected chi connectivity index (χ0v) is 15.6. The molecule has 0 aromatic heterocycles. The fraction of sp³-hybridized carbons (Fsp3) is 0.474. The van der Waals surface area contributed by atoms with E-state index in [1.54, 1.807) is 11.8 Å². The zero-order chi connectivity index (χ0) is 19.4. The lowest BCUT2D eigenvalue weighted by Gasteiger charge is -2.37. The summed E-state index contributed by atoms with van der Waals surface area (Å²) in [5.41, 5.74) is 1.87. The molecular formula is C19H24N4O4. The number of hydrogen-bond acceptors (Lipinski definition) is 6. The van der Waals surface area contributed by atoms with Crippen molar-refractivity contribution in [1.82, 2.24) is 15.1 Å². The van der Waals surface area contributed by atoms with E-state index in [0.717, 1.165) is 17.5 Å². The van der Waals surface area contributed by atoms with Crippen LogP contribution in [-0.4, -0.2) is 66.8 Å². The van der Waals surface area contributed by atoms with E-state index in [-0.39, 0.29) is 6.61 Å². The normalized spacial score (nSPS) is 22.7. The summed E-state index contributed by atoms with van der Waals surface area (Å²) >= 11 is 0. The van der Waals surface area contributed by atoms with Crippen LogP contribution < -0.4 is 5.32 Å². The minimum absolute atomic E-state index is 0.202. The van der Waals surface area contributed by atoms with Gasteiger partial charge in [-0.25, -0.2) is 4.99 Å². The van der Waals surface area contributed by atoms with Crippen LogP contribution in [0.15, 0.2) is 29.3 Å². The molecule has 8 nitrogen and oxygen atoms in total. The molecule has 0 spiro atoms. The van der Waals surface area contributed by atoms with Crippen LogP contribution >= 0.6 is 0 Å². The summed E-state index contributed by atoms with van der Waals surface area (Å²) in [5, 5.41) is 2.75. The van der Waals surface area contributed by atoms with Crippen molar-refractivity contribution in [3.63, 3.8) is 0 Å². The highest BCUT2D eigenvalue weighted by Gasteiger charge is 2.42. The predicted molar refractivity (Wildman–Crippen MR) is 98.8 cm³/mol. The third-order valence-electron chi connectivity index (χ3n) is 4.82. The minimum atomic E-state index is -1.02. The topological polar surface area (TPSA) is 91.3 Å². The summed E-state index contributed by atoms with van der Waals surface area (Å²) in [5.74, 6) is -1.57. The first-order valence-corrected chi connectivity index (χ1v) is 9.09. The summed E-state index contributed by atoms with van der Waals surface area (Å²) in [7, 11) is 0. The molecule has 2 atom stereocenters. The van der Waals surface area contributed by atoms with Gasteiger partial charge in [0.05, 0.1) is 6.61 Å². The van der Waals surface area contributed by atoms with Gasteiger partial charge < -0.3 is 14.5 Å². The van der Waals surface area contributed by atoms with Crippen LogP contribution in [0.5, 0.6) is 0 Å². The Morgan fingerprint density at radius 1 is 1.26 bits per heavy atom. The number of nitrogens with zero attached hydrogens (tertiary/aromatic N) is 3. The van der Waals surface area contributed by atoms with E-state index in [4.69, 9.17) is 9.73 Å². The molecule has 1 saturated heterocycles. The maximum atomic E-state index is 12.7. The first kappa shape index (κ1) is 18.9. The van der Waals surface area contributed by atoms with Gasteiger partial charge in [0.15, 0.2) is 5.92 Å². The van der Waals surface area contributed by atoms with Gasteiger partial charge in [0, 0.05) is 26.2 Å². The van der Waals surface area contributed by atoms with Gasteiger partial charge in [-0.1, -0.05) is 29.8 Å². The van der Waals surface area contributed by atoms with E-state index in [1.807, 2.05) is 36.1 Å². The molecule has 1 N–H and O–H groups in total. The summed E-state index contributed by atoms with van der Waals surface area (Å²) in [6.45, 7) is 6.16. The second-order valence-corrected chi connectivity index (χ2v) is 6.66. The Morgan fingerprint density at radius 3 is 2.52 bits per heavy atom. The van der Waals surface area contributed by atoms with Gasteiger partial charge in [0.2, 0.25) is 18.3 Å². The molecule has 8 heteroatoms. The molecule has 0 saturated carbocycles. The fourth-order valence-electron chi connectivity index (χ4n) is 3.27. The number of carbonyl (C=O) groups is 3. The number of carbonyl (C=O) groups excluding carboxylic acids is 3. The number of hydrogen-bond donors (Lipinski definition) is 1. The molecule has 0 radical (unpaired) electrons. The molecule has 0 unspecified atom stereocenters. The molecule has 2 amide bonds. The third kappa shape index (κ3) is 4.10. The highest BCUT2D eigenvalue weighted by Crippen LogP contribution is 2.31. The Kier molecular flexibility index (Phi) is 5.73. The number of ether oxygens (including phenoxy) is 1. The average Bonchev–Trinajstić information content (AvgIpc) is 2.68. The lowest BCUT2D eigenvalue weighted by Crippen LogP contribution is -2.57. The standard InChI is InChI=1S/C19H24N4O4/c1-3-27-18(26)15-16(14-6-4-13(2)5-7-14)20-19(21-17(15)25)23-10-8-22(12-24)9-11-23/h4-7,12,15-16H,3,8-11H2,1-2H3,(H,20,21,25)/t15-,16+/m0/s1. The van der Waals surface area contributed by atoms with Crippen molar-refractivity contribution in [2.45, 2.75) is 19.9 Å². The van der Waals surface area contributed by atoms with Crippen molar-refractivity contribution in [2.75, 3.05) is 32.8 Å². The van der Waals surface area contributed by atoms with E-state index < -0.39 is 23.8 Å². The lowest BCUT2D eigenvalue weighted by molar-refractivity contribution is -0.153. The minimum Gasteiger partial charge on any atom is -0.465 e. The molecule has 144 valence electrons. The highest BCUT2D eigenvalue weighted by atomic mass is 16.5. The second-order valence-electron chi connectivity index (χ2n) is 6.66. The molecule has 1 aromatic carbocycles. The number of aliphatic imine (C=N–C) groups is 1. The number of nitrogens with one attached hydrogen (secondary N) is 1. The number of benzene rings is 1. The Hall–Kier alpha value is -2.90. The van der Waals surface area contributed by atoms with Crippen LogP contribution in [0.3, 0.4) is 0 Å². The number of piperazine rings is 1. The lowest BCUT2D eigenvalue weighted by atomic mass is 9.91. The molecule has 2 aliphatic heterocycles. The summed E-state index contributed by atoms with van der Waals surface area (Å²) in [4.78, 5) is 44.4. The Labute approximate surface area is 158 Å². The number of amides is 2. The molecule has 0 aliphatic carbocycles. The quantitative estimate of drug-likeness (QED) is 0.471. The number of rotatable bonds is 4. The van der Waals surface area contributed by atoms with Crippen molar-refractivity contribution in [1.29, 1.82) is 0 Å². The van der Waals surface area contributed by atoms with Gasteiger partial charge in [-0.3, -0.25) is 19.7 Å². The summed E-state index contributed by atoms with van der Waals surface area (Å²) in [6.07, 6.45) is 0.824. The van der Waals surface area contributed by atoms with Gasteiger partial charge in [0.25, 0.3) is 0 Å². The molecule has 2 heterocycles. The van der Waals surface area contributed by atoms with E-state index in [9.17, 15) is 14.4 Å². The van der Waals surface area contributed by atoms with Crippen molar-refractivity contribution < 1.29 is 19.1 Å². The zero-order valence-electron chi connectivity index (χ0n) is 15.6. The van der Waals surface area contributed by atoms with Crippen LogP contribution in [0.25, 0.3) is 0 Å². The molecular weight excluding hydrogens is 348 g/mol. The molecule has 1 aromatic rings. The monoisotopic (exact) mass is 372 g/mol. The molecule has 2 aliphatic rings. The molecule has 0 bridgehead atoms. The molecule has 3 rings (SSSR count). The Balaban J connectivity index is 1.91. The van der Waals surface area contributed by atoms with Crippen molar-refractivity contribution >= 4 is 24.2 Å². The van der Waals surface area contributed by atoms with Crippen molar-refractivity contribution in [3.05, 3.63) is 35.4 Å². The van der Waals surface area contributed by atoms with Gasteiger partial charge in [0.1, 0.15) is 6.04 Å². The summed E-state index contributed by atoms with van der Waals surface area (Å²) in [6, 6.07) is 6.99. The molecule has 27 heavy (non-hydrogen) atoms. The first-order chi connectivity index (χ1) is 13.0. The van der Waals surface area contributed by atoms with Gasteiger partial charge in [-0.2, -0.15) is 0 Å². The number of guanidine groups is 1. The fourth-order valence-corrected chi connectivity index (χ4v) is 3.27. The summed E-state index contributed by atoms with van der Waals surface area (Å²) < 4.78 is 5.11. The van der Waals surface area contributed by atoms with Crippen LogP contribution in [-0.2, 0) is 19.1 Å². The number of esters is 1. The Bertz CT molecular complexity index is 739. The van der Waals surface area contributed by atoms with Crippen molar-refractivity contribution in [2.24, 2.45) is 10.9 Å². The van der Waals surface area contributed by atoms with E-state index in [0.29, 0.717) is 32.1 Å².